The summed E-state index contributed by atoms with van der Waals surface area (Å²) < 4.78 is 0.767. The molecule has 1 fully saturated rings. The third-order valence-electron chi connectivity index (χ3n) is 3.60. The van der Waals surface area contributed by atoms with Gasteiger partial charge in [0, 0.05) is 16.6 Å². The van der Waals surface area contributed by atoms with Gasteiger partial charge < -0.3 is 0 Å². The number of hydrogen-bond acceptors (Lipinski definition) is 5. The van der Waals surface area contributed by atoms with Crippen LogP contribution in [-0.4, -0.2) is 22.8 Å². The molecular weight excluding hydrogens is 406 g/mol. The van der Waals surface area contributed by atoms with Gasteiger partial charge in [-0.3, -0.25) is 25.0 Å². The van der Waals surface area contributed by atoms with Crippen molar-refractivity contribution in [2.75, 3.05) is 4.90 Å². The molecule has 0 radical (unpaired) electrons. The van der Waals surface area contributed by atoms with Gasteiger partial charge in [-0.1, -0.05) is 15.9 Å². The monoisotopic (exact) mass is 415 g/mol. The Labute approximate surface area is 155 Å². The highest BCUT2D eigenvalue weighted by Crippen LogP contribution is 2.24. The van der Waals surface area contributed by atoms with Crippen LogP contribution < -0.4 is 10.2 Å². The molecule has 1 aliphatic rings. The summed E-state index contributed by atoms with van der Waals surface area (Å²) in [5.41, 5.74) is 0.358. The van der Waals surface area contributed by atoms with E-state index in [-0.39, 0.29) is 11.3 Å². The second-order valence-corrected chi connectivity index (χ2v) is 6.20. The van der Waals surface area contributed by atoms with Crippen molar-refractivity contribution in [3.05, 3.63) is 74.3 Å². The zero-order valence-electron chi connectivity index (χ0n) is 13.0. The first-order chi connectivity index (χ1) is 12.4. The maximum atomic E-state index is 12.7. The summed E-state index contributed by atoms with van der Waals surface area (Å²) in [6.07, 6.45) is 1.28. The molecular formula is C17H10BrN3O5. The van der Waals surface area contributed by atoms with Crippen LogP contribution in [0.25, 0.3) is 6.08 Å². The number of hydrogen-bond donors (Lipinski definition) is 1. The molecule has 0 aromatic heterocycles. The summed E-state index contributed by atoms with van der Waals surface area (Å²) in [4.78, 5) is 47.8. The molecule has 0 spiro atoms. The third-order valence-corrected chi connectivity index (χ3v) is 4.13. The van der Waals surface area contributed by atoms with Crippen LogP contribution in [0.5, 0.6) is 0 Å². The lowest BCUT2D eigenvalue weighted by Gasteiger charge is -2.26. The van der Waals surface area contributed by atoms with Crippen molar-refractivity contribution in [2.45, 2.75) is 0 Å². The van der Waals surface area contributed by atoms with Gasteiger partial charge in [-0.2, -0.15) is 0 Å². The summed E-state index contributed by atoms with van der Waals surface area (Å²) in [6, 6.07) is 10.9. The summed E-state index contributed by atoms with van der Waals surface area (Å²) in [5, 5.41) is 12.8. The van der Waals surface area contributed by atoms with Gasteiger partial charge in [0.1, 0.15) is 5.57 Å². The molecule has 2 aromatic rings. The number of benzene rings is 2. The number of barbiturate groups is 1. The SMILES string of the molecule is O=C1NC(=O)N(c2ccc(Br)cc2)C(=O)/C1=C/c1ccc([N+](=O)[O-])cc1. The van der Waals surface area contributed by atoms with E-state index in [2.05, 4.69) is 21.2 Å². The van der Waals surface area contributed by atoms with Crippen molar-refractivity contribution in [3.63, 3.8) is 0 Å². The van der Waals surface area contributed by atoms with Crippen LogP contribution in [0.2, 0.25) is 0 Å². The molecule has 26 heavy (non-hydrogen) atoms. The van der Waals surface area contributed by atoms with Gasteiger partial charge in [-0.05, 0) is 48.0 Å². The summed E-state index contributed by atoms with van der Waals surface area (Å²) in [6.45, 7) is 0. The molecule has 2 aromatic carbocycles. The van der Waals surface area contributed by atoms with Crippen molar-refractivity contribution in [1.82, 2.24) is 5.32 Å². The Balaban J connectivity index is 1.96. The molecule has 1 aliphatic heterocycles. The molecule has 0 atom stereocenters. The molecule has 8 nitrogen and oxygen atoms in total. The number of halogens is 1. The maximum absolute atomic E-state index is 12.7. The molecule has 4 amide bonds. The molecule has 0 bridgehead atoms. The van der Waals surface area contributed by atoms with Gasteiger partial charge in [0.15, 0.2) is 0 Å². The molecule has 130 valence electrons. The van der Waals surface area contributed by atoms with Crippen LogP contribution in [0.15, 0.2) is 58.6 Å². The Morgan fingerprint density at radius 1 is 1.00 bits per heavy atom. The second kappa shape index (κ2) is 6.89. The Bertz CT molecular complexity index is 951. The number of rotatable bonds is 3. The summed E-state index contributed by atoms with van der Waals surface area (Å²) >= 11 is 3.26. The normalized spacial score (nSPS) is 16.0. The molecule has 0 unspecified atom stereocenters. The Hall–Kier alpha value is -3.33. The molecule has 0 saturated carbocycles. The van der Waals surface area contributed by atoms with Crippen LogP contribution in [-0.2, 0) is 9.59 Å². The van der Waals surface area contributed by atoms with Crippen LogP contribution in [0, 0.1) is 10.1 Å². The van der Waals surface area contributed by atoms with Gasteiger partial charge >= 0.3 is 6.03 Å². The number of non-ortho nitro benzene ring substituents is 1. The van der Waals surface area contributed by atoms with E-state index in [4.69, 9.17) is 0 Å². The van der Waals surface area contributed by atoms with Crippen molar-refractivity contribution in [3.8, 4) is 0 Å². The number of nitro groups is 1. The van der Waals surface area contributed by atoms with Crippen molar-refractivity contribution in [2.24, 2.45) is 0 Å². The average molecular weight is 416 g/mol. The lowest BCUT2D eigenvalue weighted by Crippen LogP contribution is -2.54. The highest BCUT2D eigenvalue weighted by Gasteiger charge is 2.36. The largest absolute Gasteiger partial charge is 0.335 e. The smallest absolute Gasteiger partial charge is 0.273 e. The summed E-state index contributed by atoms with van der Waals surface area (Å²) in [5.74, 6) is -1.61. The minimum atomic E-state index is -0.844. The van der Waals surface area contributed by atoms with Gasteiger partial charge in [0.2, 0.25) is 0 Å². The van der Waals surface area contributed by atoms with E-state index >= 15 is 0 Å². The van der Waals surface area contributed by atoms with Gasteiger partial charge in [-0.15, -0.1) is 0 Å². The first-order valence-corrected chi connectivity index (χ1v) is 8.07. The lowest BCUT2D eigenvalue weighted by molar-refractivity contribution is -0.384. The number of imide groups is 2. The van der Waals surface area contributed by atoms with E-state index in [9.17, 15) is 24.5 Å². The number of nitrogens with zero attached hydrogens (tertiary/aromatic N) is 2. The number of amides is 4. The zero-order chi connectivity index (χ0) is 18.8. The maximum Gasteiger partial charge on any atom is 0.335 e. The number of nitrogens with one attached hydrogen (secondary N) is 1. The molecule has 0 aliphatic carbocycles. The highest BCUT2D eigenvalue weighted by atomic mass is 79.9. The van der Waals surface area contributed by atoms with Gasteiger partial charge in [0.05, 0.1) is 10.6 Å². The van der Waals surface area contributed by atoms with E-state index in [0.29, 0.717) is 11.3 Å². The number of anilines is 1. The van der Waals surface area contributed by atoms with Crippen LogP contribution in [0.1, 0.15) is 5.56 Å². The summed E-state index contributed by atoms with van der Waals surface area (Å²) in [7, 11) is 0. The minimum absolute atomic E-state index is 0.113. The van der Waals surface area contributed by atoms with Gasteiger partial charge in [0.25, 0.3) is 17.5 Å². The fourth-order valence-electron chi connectivity index (χ4n) is 2.34. The Kier molecular flexibility index (Phi) is 4.63. The van der Waals surface area contributed by atoms with Crippen molar-refractivity contribution in [1.29, 1.82) is 0 Å². The topological polar surface area (TPSA) is 110 Å². The van der Waals surface area contributed by atoms with E-state index in [1.54, 1.807) is 24.3 Å². The Morgan fingerprint density at radius 3 is 2.19 bits per heavy atom. The molecule has 3 rings (SSSR count). The average Bonchev–Trinajstić information content (AvgIpc) is 2.60. The minimum Gasteiger partial charge on any atom is -0.273 e. The standard InChI is InChI=1S/C17H10BrN3O5/c18-11-3-7-12(8-4-11)20-16(23)14(15(22)19-17(20)24)9-10-1-5-13(6-2-10)21(25)26/h1-9H,(H,19,22,24)/b14-9+. The first-order valence-electron chi connectivity index (χ1n) is 7.28. The fourth-order valence-corrected chi connectivity index (χ4v) is 2.61. The van der Waals surface area contributed by atoms with Crippen molar-refractivity contribution < 1.29 is 19.3 Å². The molecule has 9 heteroatoms. The number of urea groups is 1. The van der Waals surface area contributed by atoms with E-state index < -0.39 is 22.8 Å². The quantitative estimate of drug-likeness (QED) is 0.358. The van der Waals surface area contributed by atoms with Crippen LogP contribution in [0.3, 0.4) is 0 Å². The van der Waals surface area contributed by atoms with E-state index in [1.165, 1.54) is 30.3 Å². The number of carbonyl (C=O) groups is 3. The number of carbonyl (C=O) groups excluding carboxylic acids is 3. The third kappa shape index (κ3) is 3.38. The molecule has 1 saturated heterocycles. The van der Waals surface area contributed by atoms with E-state index in [0.717, 1.165) is 9.37 Å². The van der Waals surface area contributed by atoms with Crippen LogP contribution in [0.4, 0.5) is 16.2 Å². The predicted molar refractivity (Wildman–Crippen MR) is 96.2 cm³/mol. The number of nitro benzene ring substituents is 1. The lowest BCUT2D eigenvalue weighted by atomic mass is 10.1. The first kappa shape index (κ1) is 17.5. The molecule has 1 N–H and O–H groups in total. The van der Waals surface area contributed by atoms with Crippen molar-refractivity contribution >= 4 is 51.2 Å². The zero-order valence-corrected chi connectivity index (χ0v) is 14.6. The predicted octanol–water partition coefficient (Wildman–Crippen LogP) is 3.02. The van der Waals surface area contributed by atoms with E-state index in [1.807, 2.05) is 0 Å². The van der Waals surface area contributed by atoms with Gasteiger partial charge in [-0.25, -0.2) is 9.69 Å². The second-order valence-electron chi connectivity index (χ2n) is 5.28. The Morgan fingerprint density at radius 2 is 1.62 bits per heavy atom. The van der Waals surface area contributed by atoms with Crippen LogP contribution >= 0.6 is 15.9 Å². The fraction of sp³-hybridized carbons (Fsp3) is 0. The molecule has 1 heterocycles. The highest BCUT2D eigenvalue weighted by molar-refractivity contribution is 9.10.